The van der Waals surface area contributed by atoms with Gasteiger partial charge in [-0.15, -0.1) is 0 Å². The van der Waals surface area contributed by atoms with E-state index >= 15 is 0 Å². The summed E-state index contributed by atoms with van der Waals surface area (Å²) in [5, 5.41) is 0. The van der Waals surface area contributed by atoms with E-state index in [4.69, 9.17) is 5.73 Å². The van der Waals surface area contributed by atoms with Crippen molar-refractivity contribution in [2.45, 2.75) is 26.7 Å². The van der Waals surface area contributed by atoms with Crippen LogP contribution in [0.4, 0.5) is 5.69 Å². The average Bonchev–Trinajstić information content (AvgIpc) is 2.75. The first-order valence-corrected chi connectivity index (χ1v) is 6.38. The Morgan fingerprint density at radius 3 is 2.63 bits per heavy atom. The second-order valence-electron chi connectivity index (χ2n) is 5.01. The minimum atomic E-state index is -0.471. The quantitative estimate of drug-likeness (QED) is 0.904. The standard InChI is InChI=1S/C15H18N2O2/c1-10(2)8-11-5-6-12(9-13(11)15(16)19)17-7-3-4-14(17)18/h5-6,8-9H,3-4,7H2,1-2H3,(H2,16,19). The third-order valence-corrected chi connectivity index (χ3v) is 3.13. The molecule has 1 heterocycles. The molecule has 0 saturated carbocycles. The molecule has 0 bridgehead atoms. The molecule has 4 heteroatoms. The third-order valence-electron chi connectivity index (χ3n) is 3.13. The highest BCUT2D eigenvalue weighted by atomic mass is 16.2. The van der Waals surface area contributed by atoms with Gasteiger partial charge in [-0.2, -0.15) is 0 Å². The first-order valence-electron chi connectivity index (χ1n) is 6.38. The molecule has 0 aromatic heterocycles. The number of primary amides is 1. The van der Waals surface area contributed by atoms with Gasteiger partial charge in [-0.1, -0.05) is 17.7 Å². The maximum absolute atomic E-state index is 11.7. The van der Waals surface area contributed by atoms with Crippen LogP contribution in [-0.4, -0.2) is 18.4 Å². The van der Waals surface area contributed by atoms with Crippen molar-refractivity contribution >= 4 is 23.6 Å². The zero-order valence-electron chi connectivity index (χ0n) is 11.3. The summed E-state index contributed by atoms with van der Waals surface area (Å²) in [6.07, 6.45) is 3.35. The second-order valence-corrected chi connectivity index (χ2v) is 5.01. The zero-order chi connectivity index (χ0) is 14.0. The largest absolute Gasteiger partial charge is 0.366 e. The predicted molar refractivity (Wildman–Crippen MR) is 75.9 cm³/mol. The van der Waals surface area contributed by atoms with Gasteiger partial charge in [-0.3, -0.25) is 9.59 Å². The van der Waals surface area contributed by atoms with Crippen LogP contribution in [0, 0.1) is 0 Å². The lowest BCUT2D eigenvalue weighted by Gasteiger charge is -2.17. The van der Waals surface area contributed by atoms with E-state index in [1.165, 1.54) is 0 Å². The molecule has 1 aliphatic heterocycles. The Bertz CT molecular complexity index is 557. The Hall–Kier alpha value is -2.10. The zero-order valence-corrected chi connectivity index (χ0v) is 11.3. The first kappa shape index (κ1) is 13.3. The molecule has 2 N–H and O–H groups in total. The number of allylic oxidation sites excluding steroid dienone is 1. The smallest absolute Gasteiger partial charge is 0.249 e. The van der Waals surface area contributed by atoms with Gasteiger partial charge in [-0.05, 0) is 38.0 Å². The van der Waals surface area contributed by atoms with Crippen LogP contribution in [0.5, 0.6) is 0 Å². The molecule has 1 aliphatic rings. The summed E-state index contributed by atoms with van der Waals surface area (Å²) in [4.78, 5) is 25.0. The molecule has 4 nitrogen and oxygen atoms in total. The van der Waals surface area contributed by atoms with Gasteiger partial charge < -0.3 is 10.6 Å². The molecule has 1 saturated heterocycles. The summed E-state index contributed by atoms with van der Waals surface area (Å²) in [6, 6.07) is 5.42. The van der Waals surface area contributed by atoms with E-state index in [0.717, 1.165) is 23.2 Å². The van der Waals surface area contributed by atoms with Crippen LogP contribution in [0.1, 0.15) is 42.6 Å². The van der Waals surface area contributed by atoms with Crippen molar-refractivity contribution in [3.05, 3.63) is 34.9 Å². The van der Waals surface area contributed by atoms with Crippen LogP contribution < -0.4 is 10.6 Å². The number of hydrogen-bond acceptors (Lipinski definition) is 2. The Morgan fingerprint density at radius 1 is 1.37 bits per heavy atom. The molecular formula is C15H18N2O2. The molecule has 0 atom stereocenters. The number of hydrogen-bond donors (Lipinski definition) is 1. The number of rotatable bonds is 3. The van der Waals surface area contributed by atoms with E-state index in [-0.39, 0.29) is 5.91 Å². The van der Waals surface area contributed by atoms with Crippen LogP contribution in [-0.2, 0) is 4.79 Å². The van der Waals surface area contributed by atoms with E-state index in [9.17, 15) is 9.59 Å². The van der Waals surface area contributed by atoms with Crippen LogP contribution in [0.3, 0.4) is 0 Å². The molecule has 0 aliphatic carbocycles. The SMILES string of the molecule is CC(C)=Cc1ccc(N2CCCC2=O)cc1C(N)=O. The monoisotopic (exact) mass is 258 g/mol. The van der Waals surface area contributed by atoms with Crippen molar-refractivity contribution in [3.63, 3.8) is 0 Å². The highest BCUT2D eigenvalue weighted by Gasteiger charge is 2.22. The van der Waals surface area contributed by atoms with E-state index in [1.807, 2.05) is 32.1 Å². The number of nitrogens with two attached hydrogens (primary N) is 1. The van der Waals surface area contributed by atoms with Crippen molar-refractivity contribution in [3.8, 4) is 0 Å². The number of amides is 2. The first-order chi connectivity index (χ1) is 8.99. The van der Waals surface area contributed by atoms with Gasteiger partial charge in [0.25, 0.3) is 0 Å². The van der Waals surface area contributed by atoms with Gasteiger partial charge in [0, 0.05) is 24.2 Å². The Labute approximate surface area is 112 Å². The van der Waals surface area contributed by atoms with Crippen molar-refractivity contribution < 1.29 is 9.59 Å². The number of anilines is 1. The fraction of sp³-hybridized carbons (Fsp3) is 0.333. The minimum Gasteiger partial charge on any atom is -0.366 e. The molecule has 19 heavy (non-hydrogen) atoms. The lowest BCUT2D eigenvalue weighted by molar-refractivity contribution is -0.117. The van der Waals surface area contributed by atoms with Crippen molar-refractivity contribution in [1.82, 2.24) is 0 Å². The lowest BCUT2D eigenvalue weighted by atomic mass is 10.0. The molecular weight excluding hydrogens is 240 g/mol. The molecule has 1 fully saturated rings. The van der Waals surface area contributed by atoms with Crippen LogP contribution in [0.25, 0.3) is 6.08 Å². The molecule has 0 spiro atoms. The van der Waals surface area contributed by atoms with E-state index in [1.54, 1.807) is 11.0 Å². The number of carbonyl (C=O) groups is 2. The summed E-state index contributed by atoms with van der Waals surface area (Å²) in [5.41, 5.74) is 8.51. The lowest BCUT2D eigenvalue weighted by Crippen LogP contribution is -2.24. The van der Waals surface area contributed by atoms with Crippen LogP contribution >= 0.6 is 0 Å². The van der Waals surface area contributed by atoms with E-state index in [0.29, 0.717) is 18.5 Å². The average molecular weight is 258 g/mol. The van der Waals surface area contributed by atoms with E-state index in [2.05, 4.69) is 0 Å². The summed E-state index contributed by atoms with van der Waals surface area (Å²) in [6.45, 7) is 4.63. The Balaban J connectivity index is 2.44. The maximum Gasteiger partial charge on any atom is 0.249 e. The molecule has 1 aromatic rings. The minimum absolute atomic E-state index is 0.102. The molecule has 0 radical (unpaired) electrons. The third kappa shape index (κ3) is 2.84. The Morgan fingerprint density at radius 2 is 2.11 bits per heavy atom. The summed E-state index contributed by atoms with van der Waals surface area (Å²) in [7, 11) is 0. The molecule has 2 amide bonds. The van der Waals surface area contributed by atoms with Gasteiger partial charge in [0.05, 0.1) is 0 Å². The van der Waals surface area contributed by atoms with Gasteiger partial charge in [0.1, 0.15) is 0 Å². The van der Waals surface area contributed by atoms with Crippen molar-refractivity contribution in [2.75, 3.05) is 11.4 Å². The Kier molecular flexibility index (Phi) is 3.69. The summed E-state index contributed by atoms with van der Waals surface area (Å²) >= 11 is 0. The van der Waals surface area contributed by atoms with Crippen molar-refractivity contribution in [2.24, 2.45) is 5.73 Å². The van der Waals surface area contributed by atoms with Gasteiger partial charge in [0.2, 0.25) is 11.8 Å². The molecule has 2 rings (SSSR count). The predicted octanol–water partition coefficient (Wildman–Crippen LogP) is 2.34. The van der Waals surface area contributed by atoms with Gasteiger partial charge >= 0.3 is 0 Å². The molecule has 1 aromatic carbocycles. The topological polar surface area (TPSA) is 63.4 Å². The van der Waals surface area contributed by atoms with Gasteiger partial charge in [0.15, 0.2) is 0 Å². The van der Waals surface area contributed by atoms with E-state index < -0.39 is 5.91 Å². The summed E-state index contributed by atoms with van der Waals surface area (Å²) in [5.74, 6) is -0.369. The molecule has 0 unspecified atom stereocenters. The fourth-order valence-electron chi connectivity index (χ4n) is 2.28. The van der Waals surface area contributed by atoms with Gasteiger partial charge in [-0.25, -0.2) is 0 Å². The fourth-order valence-corrected chi connectivity index (χ4v) is 2.28. The summed E-state index contributed by atoms with van der Waals surface area (Å²) < 4.78 is 0. The van der Waals surface area contributed by atoms with Crippen LogP contribution in [0.15, 0.2) is 23.8 Å². The highest BCUT2D eigenvalue weighted by Crippen LogP contribution is 2.25. The molecule has 100 valence electrons. The number of nitrogens with zero attached hydrogens (tertiary/aromatic N) is 1. The number of benzene rings is 1. The number of carbonyl (C=O) groups excluding carboxylic acids is 2. The maximum atomic E-state index is 11.7. The highest BCUT2D eigenvalue weighted by molar-refractivity contribution is 6.00. The van der Waals surface area contributed by atoms with Crippen LogP contribution in [0.2, 0.25) is 0 Å². The second kappa shape index (κ2) is 5.26. The normalized spacial score (nSPS) is 14.6. The van der Waals surface area contributed by atoms with Crippen molar-refractivity contribution in [1.29, 1.82) is 0 Å².